The molecule has 3 nitrogen and oxygen atoms in total. The third kappa shape index (κ3) is 6.89. The van der Waals surface area contributed by atoms with Crippen molar-refractivity contribution in [2.75, 3.05) is 14.2 Å². The lowest BCUT2D eigenvalue weighted by atomic mass is 10.1. The maximum atomic E-state index is 11.0. The molecule has 0 aromatic carbocycles. The van der Waals surface area contributed by atoms with Crippen LogP contribution in [0.5, 0.6) is 0 Å². The molecule has 14 heavy (non-hydrogen) atoms. The number of unbranched alkanes of at least 4 members (excludes halogenated alkanes) is 3. The van der Waals surface area contributed by atoms with E-state index in [2.05, 4.69) is 11.7 Å². The summed E-state index contributed by atoms with van der Waals surface area (Å²) < 4.78 is 9.79. The first-order chi connectivity index (χ1) is 6.74. The van der Waals surface area contributed by atoms with E-state index in [1.807, 2.05) is 0 Å². The van der Waals surface area contributed by atoms with Gasteiger partial charge < -0.3 is 9.47 Å². The van der Waals surface area contributed by atoms with E-state index in [0.29, 0.717) is 6.42 Å². The summed E-state index contributed by atoms with van der Waals surface area (Å²) in [7, 11) is 3.06. The van der Waals surface area contributed by atoms with Crippen LogP contribution in [0.3, 0.4) is 0 Å². The Morgan fingerprint density at radius 1 is 1.21 bits per heavy atom. The molecular formula is C11H22O3. The highest BCUT2D eigenvalue weighted by Gasteiger charge is 2.12. The fourth-order valence-electron chi connectivity index (χ4n) is 1.37. The van der Waals surface area contributed by atoms with Crippen molar-refractivity contribution in [3.63, 3.8) is 0 Å². The number of rotatable bonds is 8. The Balaban J connectivity index is 3.52. The van der Waals surface area contributed by atoms with Crippen LogP contribution in [0.4, 0.5) is 0 Å². The zero-order chi connectivity index (χ0) is 10.8. The highest BCUT2D eigenvalue weighted by molar-refractivity contribution is 5.69. The molecule has 0 spiro atoms. The second-order valence-corrected chi connectivity index (χ2v) is 3.49. The fraction of sp³-hybridized carbons (Fsp3) is 0.909. The van der Waals surface area contributed by atoms with Gasteiger partial charge in [0.1, 0.15) is 0 Å². The number of methoxy groups -OCH3 is 2. The minimum Gasteiger partial charge on any atom is -0.469 e. The molecule has 3 heteroatoms. The van der Waals surface area contributed by atoms with Crippen molar-refractivity contribution >= 4 is 5.97 Å². The summed E-state index contributed by atoms with van der Waals surface area (Å²) >= 11 is 0. The largest absolute Gasteiger partial charge is 0.469 e. The second kappa shape index (κ2) is 9.00. The first-order valence-electron chi connectivity index (χ1n) is 5.34. The summed E-state index contributed by atoms with van der Waals surface area (Å²) in [5.74, 6) is -0.188. The van der Waals surface area contributed by atoms with E-state index in [1.54, 1.807) is 7.11 Å². The molecule has 0 aliphatic carbocycles. The van der Waals surface area contributed by atoms with Crippen LogP contribution in [0.15, 0.2) is 0 Å². The maximum Gasteiger partial charge on any atom is 0.308 e. The van der Waals surface area contributed by atoms with Crippen molar-refractivity contribution < 1.29 is 14.3 Å². The summed E-state index contributed by atoms with van der Waals surface area (Å²) in [5.41, 5.74) is 0. The minimum atomic E-state index is -0.188. The van der Waals surface area contributed by atoms with Crippen LogP contribution in [0, 0.1) is 0 Å². The molecule has 0 bridgehead atoms. The highest BCUT2D eigenvalue weighted by Crippen LogP contribution is 2.10. The van der Waals surface area contributed by atoms with E-state index in [0.717, 1.165) is 12.8 Å². The minimum absolute atomic E-state index is 0.0271. The molecule has 0 aromatic heterocycles. The van der Waals surface area contributed by atoms with Crippen LogP contribution in [0.2, 0.25) is 0 Å². The Morgan fingerprint density at radius 3 is 2.43 bits per heavy atom. The standard InChI is InChI=1S/C11H22O3/c1-4-5-6-7-8-10(13-2)9-11(12)14-3/h10H,4-9H2,1-3H3/t10-/m1/s1. The molecule has 0 aliphatic rings. The van der Waals surface area contributed by atoms with Gasteiger partial charge in [-0.25, -0.2) is 0 Å². The van der Waals surface area contributed by atoms with Crippen LogP contribution in [0.25, 0.3) is 0 Å². The van der Waals surface area contributed by atoms with E-state index in [4.69, 9.17) is 4.74 Å². The summed E-state index contributed by atoms with van der Waals surface area (Å²) in [6.45, 7) is 2.18. The molecule has 0 saturated carbocycles. The van der Waals surface area contributed by atoms with E-state index >= 15 is 0 Å². The van der Waals surface area contributed by atoms with Crippen LogP contribution >= 0.6 is 0 Å². The van der Waals surface area contributed by atoms with Gasteiger partial charge in [0.15, 0.2) is 0 Å². The molecule has 0 rings (SSSR count). The first kappa shape index (κ1) is 13.4. The molecule has 0 unspecified atom stereocenters. The van der Waals surface area contributed by atoms with Crippen molar-refractivity contribution in [1.29, 1.82) is 0 Å². The maximum absolute atomic E-state index is 11.0. The van der Waals surface area contributed by atoms with E-state index in [-0.39, 0.29) is 12.1 Å². The number of ether oxygens (including phenoxy) is 2. The molecule has 0 heterocycles. The Morgan fingerprint density at radius 2 is 1.93 bits per heavy atom. The van der Waals surface area contributed by atoms with Gasteiger partial charge in [-0.2, -0.15) is 0 Å². The summed E-state index contributed by atoms with van der Waals surface area (Å²) in [5, 5.41) is 0. The van der Waals surface area contributed by atoms with Gasteiger partial charge in [0, 0.05) is 7.11 Å². The van der Waals surface area contributed by atoms with Crippen molar-refractivity contribution in [2.24, 2.45) is 0 Å². The molecule has 0 N–H and O–H groups in total. The number of esters is 1. The lowest BCUT2D eigenvalue weighted by molar-refractivity contribution is -0.143. The Kier molecular flexibility index (Phi) is 8.64. The molecule has 0 saturated heterocycles. The molecule has 0 radical (unpaired) electrons. The molecular weight excluding hydrogens is 180 g/mol. The SMILES string of the molecule is CCCCCC[C@H](CC(=O)OC)OC. The van der Waals surface area contributed by atoms with Crippen LogP contribution in [0.1, 0.15) is 45.4 Å². The van der Waals surface area contributed by atoms with Crippen LogP contribution < -0.4 is 0 Å². The van der Waals surface area contributed by atoms with Crippen molar-refractivity contribution in [1.82, 2.24) is 0 Å². The van der Waals surface area contributed by atoms with Crippen molar-refractivity contribution in [3.8, 4) is 0 Å². The van der Waals surface area contributed by atoms with Gasteiger partial charge in [-0.05, 0) is 6.42 Å². The average molecular weight is 202 g/mol. The second-order valence-electron chi connectivity index (χ2n) is 3.49. The fourth-order valence-corrected chi connectivity index (χ4v) is 1.37. The average Bonchev–Trinajstić information content (AvgIpc) is 2.22. The summed E-state index contributed by atoms with van der Waals surface area (Å²) in [6, 6.07) is 0. The van der Waals surface area contributed by atoms with Gasteiger partial charge in [-0.15, -0.1) is 0 Å². The summed E-state index contributed by atoms with van der Waals surface area (Å²) in [4.78, 5) is 11.0. The predicted octanol–water partition coefficient (Wildman–Crippen LogP) is 2.53. The molecule has 0 aromatic rings. The van der Waals surface area contributed by atoms with Gasteiger partial charge in [0.2, 0.25) is 0 Å². The zero-order valence-corrected chi connectivity index (χ0v) is 9.54. The number of hydrogen-bond acceptors (Lipinski definition) is 3. The van der Waals surface area contributed by atoms with E-state index in [1.165, 1.54) is 26.4 Å². The van der Waals surface area contributed by atoms with Gasteiger partial charge in [-0.1, -0.05) is 32.6 Å². The lowest BCUT2D eigenvalue weighted by Gasteiger charge is -2.13. The van der Waals surface area contributed by atoms with E-state index < -0.39 is 0 Å². The number of carbonyl (C=O) groups excluding carboxylic acids is 1. The number of hydrogen-bond donors (Lipinski definition) is 0. The predicted molar refractivity (Wildman–Crippen MR) is 56.2 cm³/mol. The van der Waals surface area contributed by atoms with Crippen LogP contribution in [-0.4, -0.2) is 26.3 Å². The monoisotopic (exact) mass is 202 g/mol. The van der Waals surface area contributed by atoms with Gasteiger partial charge >= 0.3 is 5.97 Å². The zero-order valence-electron chi connectivity index (χ0n) is 9.54. The third-order valence-corrected chi connectivity index (χ3v) is 2.33. The highest BCUT2D eigenvalue weighted by atomic mass is 16.5. The Hall–Kier alpha value is -0.570. The van der Waals surface area contributed by atoms with Gasteiger partial charge in [-0.3, -0.25) is 4.79 Å². The number of carbonyl (C=O) groups is 1. The quantitative estimate of drug-likeness (QED) is 0.448. The molecule has 0 amide bonds. The normalized spacial score (nSPS) is 12.5. The topological polar surface area (TPSA) is 35.5 Å². The lowest BCUT2D eigenvalue weighted by Crippen LogP contribution is -2.17. The van der Waals surface area contributed by atoms with E-state index in [9.17, 15) is 4.79 Å². The van der Waals surface area contributed by atoms with Crippen molar-refractivity contribution in [2.45, 2.75) is 51.6 Å². The molecule has 0 aliphatic heterocycles. The Bertz CT molecular complexity index is 145. The van der Waals surface area contributed by atoms with Gasteiger partial charge in [0.05, 0.1) is 19.6 Å². The van der Waals surface area contributed by atoms with Crippen LogP contribution in [-0.2, 0) is 14.3 Å². The summed E-state index contributed by atoms with van der Waals surface area (Å²) in [6.07, 6.45) is 6.19. The van der Waals surface area contributed by atoms with Crippen molar-refractivity contribution in [3.05, 3.63) is 0 Å². The van der Waals surface area contributed by atoms with Gasteiger partial charge in [0.25, 0.3) is 0 Å². The molecule has 84 valence electrons. The first-order valence-corrected chi connectivity index (χ1v) is 5.34. The molecule has 1 atom stereocenters. The Labute approximate surface area is 86.8 Å². The molecule has 0 fully saturated rings. The third-order valence-electron chi connectivity index (χ3n) is 2.33. The smallest absolute Gasteiger partial charge is 0.308 e.